The van der Waals surface area contributed by atoms with Crippen molar-refractivity contribution in [2.75, 3.05) is 19.8 Å². The molecule has 1 aliphatic heterocycles. The van der Waals surface area contributed by atoms with Crippen molar-refractivity contribution in [3.8, 4) is 0 Å². The monoisotopic (exact) mass is 476 g/mol. The summed E-state index contributed by atoms with van der Waals surface area (Å²) in [6.07, 6.45) is 4.28. The number of esters is 1. The minimum Gasteiger partial charge on any atom is -0.466 e. The van der Waals surface area contributed by atoms with Crippen LogP contribution in [-0.4, -0.2) is 59.6 Å². The molecule has 2 rings (SSSR count). The van der Waals surface area contributed by atoms with E-state index in [2.05, 4.69) is 19.2 Å². The number of hydrogen-bond donors (Lipinski definition) is 2. The van der Waals surface area contributed by atoms with Crippen LogP contribution in [0.25, 0.3) is 0 Å². The summed E-state index contributed by atoms with van der Waals surface area (Å²) in [7, 11) is 0. The lowest BCUT2D eigenvalue weighted by atomic mass is 9.99. The molecule has 2 N–H and O–H groups in total. The van der Waals surface area contributed by atoms with E-state index in [0.717, 1.165) is 31.2 Å². The summed E-state index contributed by atoms with van der Waals surface area (Å²) in [6.45, 7) is 11.0. The van der Waals surface area contributed by atoms with Crippen molar-refractivity contribution < 1.29 is 24.2 Å². The maximum absolute atomic E-state index is 12.9. The second-order valence-corrected chi connectivity index (χ2v) is 9.35. The van der Waals surface area contributed by atoms with Gasteiger partial charge < -0.3 is 20.1 Å². The Morgan fingerprint density at radius 3 is 2.38 bits per heavy atom. The molecule has 1 fully saturated rings. The largest absolute Gasteiger partial charge is 0.466 e. The van der Waals surface area contributed by atoms with Crippen molar-refractivity contribution in [1.29, 1.82) is 0 Å². The van der Waals surface area contributed by atoms with Gasteiger partial charge in [-0.3, -0.25) is 14.4 Å². The average molecular weight is 477 g/mol. The molecule has 0 spiro atoms. The van der Waals surface area contributed by atoms with Crippen LogP contribution in [0.2, 0.25) is 0 Å². The van der Waals surface area contributed by atoms with Gasteiger partial charge in [-0.2, -0.15) is 0 Å². The summed E-state index contributed by atoms with van der Waals surface area (Å²) in [5.74, 6) is 0.363. The van der Waals surface area contributed by atoms with Crippen molar-refractivity contribution in [2.45, 2.75) is 85.2 Å². The van der Waals surface area contributed by atoms with E-state index in [1.165, 1.54) is 0 Å². The number of hydrogen-bond acceptors (Lipinski definition) is 5. The first-order valence-electron chi connectivity index (χ1n) is 12.6. The maximum Gasteiger partial charge on any atom is 0.308 e. The molecule has 2 amide bonds. The van der Waals surface area contributed by atoms with Gasteiger partial charge in [0.1, 0.15) is 6.04 Å². The molecule has 1 aromatic carbocycles. The number of likely N-dealkylation sites (tertiary alicyclic amines) is 1. The molecule has 34 heavy (non-hydrogen) atoms. The van der Waals surface area contributed by atoms with Crippen molar-refractivity contribution in [1.82, 2.24) is 10.2 Å². The Hall–Kier alpha value is -2.41. The highest BCUT2D eigenvalue weighted by molar-refractivity contribution is 5.88. The van der Waals surface area contributed by atoms with Crippen LogP contribution in [0.3, 0.4) is 0 Å². The number of carbonyl (C=O) groups excluding carboxylic acids is 3. The number of rotatable bonds is 11. The Bertz CT molecular complexity index is 738. The molecular formula is C27H44N2O5. The van der Waals surface area contributed by atoms with Crippen LogP contribution in [-0.2, 0) is 25.5 Å². The summed E-state index contributed by atoms with van der Waals surface area (Å²) < 4.78 is 4.87. The number of aliphatic hydroxyl groups is 1. The van der Waals surface area contributed by atoms with E-state index in [1.807, 2.05) is 51.1 Å². The molecule has 192 valence electrons. The summed E-state index contributed by atoms with van der Waals surface area (Å²) >= 11 is 0. The molecule has 0 radical (unpaired) electrons. The van der Waals surface area contributed by atoms with Gasteiger partial charge in [-0.15, -0.1) is 0 Å². The summed E-state index contributed by atoms with van der Waals surface area (Å²) in [4.78, 5) is 37.6. The molecule has 0 aromatic heterocycles. The lowest BCUT2D eigenvalue weighted by Gasteiger charge is -2.28. The number of ether oxygens (including phenoxy) is 1. The van der Waals surface area contributed by atoms with Gasteiger partial charge in [0.15, 0.2) is 0 Å². The number of nitrogens with one attached hydrogen (secondary N) is 1. The first-order valence-corrected chi connectivity index (χ1v) is 12.6. The maximum atomic E-state index is 12.9. The molecule has 0 saturated carbocycles. The van der Waals surface area contributed by atoms with Gasteiger partial charge in [-0.1, -0.05) is 58.0 Å². The van der Waals surface area contributed by atoms with Crippen molar-refractivity contribution in [3.05, 3.63) is 35.9 Å². The Kier molecular flexibility index (Phi) is 14.2. The third-order valence-corrected chi connectivity index (χ3v) is 5.78. The number of amides is 2. The topological polar surface area (TPSA) is 95.9 Å². The second-order valence-electron chi connectivity index (χ2n) is 9.35. The van der Waals surface area contributed by atoms with Crippen LogP contribution in [0.5, 0.6) is 0 Å². The van der Waals surface area contributed by atoms with E-state index in [4.69, 9.17) is 4.74 Å². The predicted molar refractivity (Wildman–Crippen MR) is 134 cm³/mol. The van der Waals surface area contributed by atoms with Gasteiger partial charge in [0.25, 0.3) is 0 Å². The number of nitrogens with zero attached hydrogens (tertiary/aromatic N) is 1. The highest BCUT2D eigenvalue weighted by Crippen LogP contribution is 2.19. The van der Waals surface area contributed by atoms with Crippen molar-refractivity contribution >= 4 is 17.8 Å². The Balaban J connectivity index is 0.000000445. The van der Waals surface area contributed by atoms with Crippen LogP contribution >= 0.6 is 0 Å². The fraction of sp³-hybridized carbons (Fsp3) is 0.667. The molecule has 1 aliphatic rings. The van der Waals surface area contributed by atoms with Gasteiger partial charge in [-0.05, 0) is 44.1 Å². The van der Waals surface area contributed by atoms with Crippen LogP contribution in [0, 0.1) is 11.8 Å². The molecular weight excluding hydrogens is 432 g/mol. The zero-order valence-electron chi connectivity index (χ0n) is 21.6. The Labute approximate surface area is 205 Å². The third-order valence-electron chi connectivity index (χ3n) is 5.78. The van der Waals surface area contributed by atoms with E-state index < -0.39 is 6.04 Å². The van der Waals surface area contributed by atoms with Gasteiger partial charge in [0.2, 0.25) is 11.8 Å². The molecule has 1 aromatic rings. The average Bonchev–Trinajstić information content (AvgIpc) is 3.28. The van der Waals surface area contributed by atoms with Crippen LogP contribution in [0.4, 0.5) is 0 Å². The number of aliphatic hydroxyl groups excluding tert-OH is 1. The lowest BCUT2D eigenvalue weighted by molar-refractivity contribution is -0.147. The minimum absolute atomic E-state index is 0.0211. The summed E-state index contributed by atoms with van der Waals surface area (Å²) in [5, 5.41) is 12.3. The summed E-state index contributed by atoms with van der Waals surface area (Å²) in [6, 6.07) is 9.01. The molecule has 1 heterocycles. The van der Waals surface area contributed by atoms with E-state index >= 15 is 0 Å². The fourth-order valence-corrected chi connectivity index (χ4v) is 4.15. The van der Waals surface area contributed by atoms with E-state index in [0.29, 0.717) is 31.9 Å². The van der Waals surface area contributed by atoms with Gasteiger partial charge >= 0.3 is 5.97 Å². The van der Waals surface area contributed by atoms with E-state index in [1.54, 1.807) is 4.90 Å². The molecule has 0 aliphatic carbocycles. The van der Waals surface area contributed by atoms with Crippen molar-refractivity contribution in [2.24, 2.45) is 11.8 Å². The van der Waals surface area contributed by atoms with E-state index in [-0.39, 0.29) is 36.4 Å². The normalized spacial score (nSPS) is 16.9. The minimum atomic E-state index is -0.566. The SMILES string of the molecule is CCCC(=O)NC(Cc1ccccc1)C(=O)N1CCC[C@@H]1CO.CCOC(=O)C(C)CC(C)C. The highest BCUT2D eigenvalue weighted by Gasteiger charge is 2.33. The van der Waals surface area contributed by atoms with E-state index in [9.17, 15) is 19.5 Å². The molecule has 2 unspecified atom stereocenters. The Morgan fingerprint density at radius 1 is 1.15 bits per heavy atom. The predicted octanol–water partition coefficient (Wildman–Crippen LogP) is 3.73. The summed E-state index contributed by atoms with van der Waals surface area (Å²) in [5.41, 5.74) is 1.02. The number of benzene rings is 1. The van der Waals surface area contributed by atoms with Crippen molar-refractivity contribution in [3.63, 3.8) is 0 Å². The smallest absolute Gasteiger partial charge is 0.308 e. The molecule has 7 nitrogen and oxygen atoms in total. The Morgan fingerprint density at radius 2 is 1.82 bits per heavy atom. The van der Waals surface area contributed by atoms with Crippen LogP contribution in [0.1, 0.15) is 72.3 Å². The molecule has 0 bridgehead atoms. The second kappa shape index (κ2) is 16.3. The van der Waals surface area contributed by atoms with Gasteiger partial charge in [0, 0.05) is 19.4 Å². The first kappa shape index (κ1) is 29.6. The third kappa shape index (κ3) is 10.7. The lowest BCUT2D eigenvalue weighted by Crippen LogP contribution is -2.51. The standard InChI is InChI=1S/C18H26N2O3.C9H18O2/c1-2-7-17(22)19-16(12-14-8-4-3-5-9-14)18(23)20-11-6-10-15(20)13-21;1-5-11-9(10)8(4)6-7(2)3/h3-5,8-9,15-16,21H,2,6-7,10-13H2,1H3,(H,19,22);7-8H,5-6H2,1-4H3/t15-,16?;/m1./s1. The quantitative estimate of drug-likeness (QED) is 0.475. The zero-order valence-corrected chi connectivity index (χ0v) is 21.6. The number of carbonyl (C=O) groups is 3. The molecule has 7 heteroatoms. The molecule has 3 atom stereocenters. The fourth-order valence-electron chi connectivity index (χ4n) is 4.15. The van der Waals surface area contributed by atoms with Crippen LogP contribution < -0.4 is 5.32 Å². The van der Waals surface area contributed by atoms with Gasteiger partial charge in [-0.25, -0.2) is 0 Å². The van der Waals surface area contributed by atoms with Gasteiger partial charge in [0.05, 0.1) is 25.2 Å². The highest BCUT2D eigenvalue weighted by atomic mass is 16.5. The molecule has 1 saturated heterocycles. The van der Waals surface area contributed by atoms with Crippen LogP contribution in [0.15, 0.2) is 30.3 Å². The zero-order chi connectivity index (χ0) is 25.5. The first-order chi connectivity index (χ1) is 16.2.